The summed E-state index contributed by atoms with van der Waals surface area (Å²) in [6.07, 6.45) is -0.898. The number of nitrogens with zero attached hydrogens (tertiary/aromatic N) is 3. The van der Waals surface area contributed by atoms with Gasteiger partial charge in [-0.25, -0.2) is 9.78 Å². The molecule has 2 amide bonds. The van der Waals surface area contributed by atoms with E-state index in [1.807, 2.05) is 12.3 Å². The van der Waals surface area contributed by atoms with Crippen LogP contribution in [0.1, 0.15) is 34.9 Å². The molecule has 3 rings (SSSR count). The lowest BCUT2D eigenvalue weighted by Gasteiger charge is -2.35. The molecule has 2 heterocycles. The fraction of sp³-hybridized carbons (Fsp3) is 0.429. The zero-order valence-electron chi connectivity index (χ0n) is 17.3. The highest BCUT2D eigenvalue weighted by molar-refractivity contribution is 7.09. The van der Waals surface area contributed by atoms with Gasteiger partial charge in [-0.15, -0.1) is 11.3 Å². The van der Waals surface area contributed by atoms with E-state index in [1.54, 1.807) is 52.3 Å². The zero-order chi connectivity index (χ0) is 21.7. The highest BCUT2D eigenvalue weighted by atomic mass is 32.1. The standard InChI is InChI=1S/C21H25N3O5S/c1-14(20(26)24-10-8-23(9-11-24)16(3)25)29-21(27)17-4-6-19(7-5-17)28-12-18-13-30-15(2)22-18/h4-7,13-14H,8-12H2,1-3H3. The number of hydrogen-bond acceptors (Lipinski definition) is 7. The Balaban J connectivity index is 1.48. The molecule has 1 atom stereocenters. The number of aryl methyl sites for hydroxylation is 1. The maximum atomic E-state index is 12.5. The Labute approximate surface area is 179 Å². The van der Waals surface area contributed by atoms with E-state index in [0.29, 0.717) is 44.1 Å². The highest BCUT2D eigenvalue weighted by Crippen LogP contribution is 2.17. The number of esters is 1. The Bertz CT molecular complexity index is 904. The number of benzene rings is 1. The van der Waals surface area contributed by atoms with Gasteiger partial charge in [0.05, 0.1) is 16.3 Å². The predicted octanol–water partition coefficient (Wildman–Crippen LogP) is 2.27. The summed E-state index contributed by atoms with van der Waals surface area (Å²) in [5, 5.41) is 2.93. The fourth-order valence-corrected chi connectivity index (χ4v) is 3.69. The van der Waals surface area contributed by atoms with Crippen molar-refractivity contribution in [1.29, 1.82) is 0 Å². The zero-order valence-corrected chi connectivity index (χ0v) is 18.1. The van der Waals surface area contributed by atoms with Crippen LogP contribution in [0.2, 0.25) is 0 Å². The first kappa shape index (κ1) is 21.8. The molecule has 1 aromatic carbocycles. The molecule has 1 aliphatic heterocycles. The van der Waals surface area contributed by atoms with Gasteiger partial charge in [0.25, 0.3) is 5.91 Å². The Morgan fingerprint density at radius 2 is 1.73 bits per heavy atom. The van der Waals surface area contributed by atoms with Crippen molar-refractivity contribution in [2.75, 3.05) is 26.2 Å². The van der Waals surface area contributed by atoms with Gasteiger partial charge < -0.3 is 19.3 Å². The van der Waals surface area contributed by atoms with Crippen molar-refractivity contribution in [1.82, 2.24) is 14.8 Å². The Morgan fingerprint density at radius 3 is 2.30 bits per heavy atom. The van der Waals surface area contributed by atoms with Crippen LogP contribution in [-0.2, 0) is 20.9 Å². The SMILES string of the molecule is CC(=O)N1CCN(C(=O)C(C)OC(=O)c2ccc(OCc3csc(C)n3)cc2)CC1. The predicted molar refractivity (Wildman–Crippen MR) is 111 cm³/mol. The van der Waals surface area contributed by atoms with Crippen molar-refractivity contribution in [2.24, 2.45) is 0 Å². The van der Waals surface area contributed by atoms with Crippen LogP contribution in [0.4, 0.5) is 0 Å². The number of rotatable bonds is 6. The summed E-state index contributed by atoms with van der Waals surface area (Å²) in [6, 6.07) is 6.58. The third-order valence-electron chi connectivity index (χ3n) is 4.81. The van der Waals surface area contributed by atoms with Gasteiger partial charge in [-0.1, -0.05) is 0 Å². The lowest BCUT2D eigenvalue weighted by atomic mass is 10.2. The quantitative estimate of drug-likeness (QED) is 0.652. The van der Waals surface area contributed by atoms with E-state index in [9.17, 15) is 14.4 Å². The maximum Gasteiger partial charge on any atom is 0.338 e. The molecule has 0 radical (unpaired) electrons. The summed E-state index contributed by atoms with van der Waals surface area (Å²) >= 11 is 1.56. The molecule has 1 fully saturated rings. The number of carbonyl (C=O) groups is 3. The van der Waals surface area contributed by atoms with E-state index in [-0.39, 0.29) is 11.8 Å². The molecule has 2 aromatic rings. The van der Waals surface area contributed by atoms with Crippen LogP contribution in [0, 0.1) is 6.92 Å². The summed E-state index contributed by atoms with van der Waals surface area (Å²) in [5.41, 5.74) is 1.20. The van der Waals surface area contributed by atoms with Crippen LogP contribution in [0.25, 0.3) is 0 Å². The van der Waals surface area contributed by atoms with Crippen LogP contribution in [0.15, 0.2) is 29.6 Å². The first-order chi connectivity index (χ1) is 14.3. The average Bonchev–Trinajstić information content (AvgIpc) is 3.17. The molecule has 0 N–H and O–H groups in total. The third kappa shape index (κ3) is 5.56. The van der Waals surface area contributed by atoms with Crippen LogP contribution in [0.5, 0.6) is 5.75 Å². The minimum Gasteiger partial charge on any atom is -0.487 e. The highest BCUT2D eigenvalue weighted by Gasteiger charge is 2.28. The molecule has 0 spiro atoms. The topological polar surface area (TPSA) is 89.0 Å². The van der Waals surface area contributed by atoms with Crippen LogP contribution in [0.3, 0.4) is 0 Å². The Morgan fingerprint density at radius 1 is 1.10 bits per heavy atom. The van der Waals surface area contributed by atoms with Gasteiger partial charge in [-0.3, -0.25) is 9.59 Å². The minimum absolute atomic E-state index is 0.00398. The maximum absolute atomic E-state index is 12.5. The van der Waals surface area contributed by atoms with Crippen molar-refractivity contribution in [3.8, 4) is 5.75 Å². The second-order valence-electron chi connectivity index (χ2n) is 7.05. The molecule has 0 bridgehead atoms. The van der Waals surface area contributed by atoms with Crippen LogP contribution in [-0.4, -0.2) is 64.9 Å². The molecule has 1 unspecified atom stereocenters. The lowest BCUT2D eigenvalue weighted by molar-refractivity contribution is -0.144. The number of piperazine rings is 1. The minimum atomic E-state index is -0.898. The van der Waals surface area contributed by atoms with Crippen molar-refractivity contribution >= 4 is 29.1 Å². The molecular weight excluding hydrogens is 406 g/mol. The first-order valence-corrected chi connectivity index (χ1v) is 10.6. The van der Waals surface area contributed by atoms with Gasteiger partial charge >= 0.3 is 5.97 Å². The van der Waals surface area contributed by atoms with E-state index < -0.39 is 12.1 Å². The third-order valence-corrected chi connectivity index (χ3v) is 5.63. The largest absolute Gasteiger partial charge is 0.487 e. The van der Waals surface area contributed by atoms with Gasteiger partial charge in [0, 0.05) is 38.5 Å². The van der Waals surface area contributed by atoms with Crippen LogP contribution >= 0.6 is 11.3 Å². The summed E-state index contributed by atoms with van der Waals surface area (Å²) in [5.74, 6) is -0.217. The van der Waals surface area contributed by atoms with E-state index in [1.165, 1.54) is 6.92 Å². The second-order valence-corrected chi connectivity index (χ2v) is 8.11. The number of amides is 2. The van der Waals surface area contributed by atoms with Crippen LogP contribution < -0.4 is 4.74 Å². The van der Waals surface area contributed by atoms with E-state index >= 15 is 0 Å². The van der Waals surface area contributed by atoms with Crippen molar-refractivity contribution < 1.29 is 23.9 Å². The Kier molecular flexibility index (Phi) is 7.04. The van der Waals surface area contributed by atoms with E-state index in [2.05, 4.69) is 4.98 Å². The van der Waals surface area contributed by atoms with Crippen molar-refractivity contribution in [3.05, 3.63) is 45.9 Å². The van der Waals surface area contributed by atoms with Crippen molar-refractivity contribution in [2.45, 2.75) is 33.5 Å². The summed E-state index contributed by atoms with van der Waals surface area (Å²) < 4.78 is 11.0. The molecule has 1 aliphatic rings. The van der Waals surface area contributed by atoms with Gasteiger partial charge in [-0.05, 0) is 38.1 Å². The van der Waals surface area contributed by atoms with Crippen molar-refractivity contribution in [3.63, 3.8) is 0 Å². The normalized spacial score (nSPS) is 14.9. The molecule has 0 aliphatic carbocycles. The van der Waals surface area contributed by atoms with Gasteiger partial charge in [0.1, 0.15) is 12.4 Å². The summed E-state index contributed by atoms with van der Waals surface area (Å²) in [7, 11) is 0. The monoisotopic (exact) mass is 431 g/mol. The van der Waals surface area contributed by atoms with Gasteiger partial charge in [0.2, 0.25) is 5.91 Å². The Hall–Kier alpha value is -2.94. The summed E-state index contributed by atoms with van der Waals surface area (Å²) in [6.45, 7) is 7.22. The number of ether oxygens (including phenoxy) is 2. The fourth-order valence-electron chi connectivity index (χ4n) is 3.10. The molecule has 1 saturated heterocycles. The first-order valence-electron chi connectivity index (χ1n) is 9.72. The van der Waals surface area contributed by atoms with Gasteiger partial charge in [-0.2, -0.15) is 0 Å². The van der Waals surface area contributed by atoms with Gasteiger partial charge in [0.15, 0.2) is 6.10 Å². The number of hydrogen-bond donors (Lipinski definition) is 0. The molecule has 160 valence electrons. The molecule has 1 aromatic heterocycles. The molecule has 9 heteroatoms. The number of thiazole rings is 1. The smallest absolute Gasteiger partial charge is 0.338 e. The molecule has 30 heavy (non-hydrogen) atoms. The molecule has 8 nitrogen and oxygen atoms in total. The summed E-state index contributed by atoms with van der Waals surface area (Å²) in [4.78, 5) is 44.0. The van der Waals surface area contributed by atoms with E-state index in [0.717, 1.165) is 10.7 Å². The second kappa shape index (κ2) is 9.71. The average molecular weight is 432 g/mol. The number of aromatic nitrogens is 1. The molecule has 0 saturated carbocycles. The lowest BCUT2D eigenvalue weighted by Crippen LogP contribution is -2.52. The molecular formula is C21H25N3O5S. The van der Waals surface area contributed by atoms with E-state index in [4.69, 9.17) is 9.47 Å². The number of carbonyl (C=O) groups excluding carboxylic acids is 3.